The zero-order valence-corrected chi connectivity index (χ0v) is 10.4. The number of hydrogen-bond donors (Lipinski definition) is 1. The molecule has 5 nitrogen and oxygen atoms in total. The molecule has 19 heavy (non-hydrogen) atoms. The number of methoxy groups -OCH3 is 1. The highest BCUT2D eigenvalue weighted by Crippen LogP contribution is 2.27. The molecule has 0 atom stereocenters. The molecule has 0 unspecified atom stereocenters. The van der Waals surface area contributed by atoms with Crippen molar-refractivity contribution in [2.24, 2.45) is 0 Å². The van der Waals surface area contributed by atoms with Crippen molar-refractivity contribution in [1.82, 2.24) is 15.2 Å². The second-order valence-corrected chi connectivity index (χ2v) is 4.08. The van der Waals surface area contributed by atoms with Crippen molar-refractivity contribution >= 4 is 16.7 Å². The van der Waals surface area contributed by atoms with Crippen molar-refractivity contribution < 1.29 is 4.74 Å². The molecule has 94 valence electrons. The number of aromatic nitrogens is 3. The minimum absolute atomic E-state index is 0.553. The molecule has 1 aromatic heterocycles. The molecule has 0 spiro atoms. The Balaban J connectivity index is 2.13. The molecular weight excluding hydrogens is 240 g/mol. The number of rotatable bonds is 2. The average molecular weight is 252 g/mol. The summed E-state index contributed by atoms with van der Waals surface area (Å²) in [6.07, 6.45) is 0. The molecule has 0 aliphatic heterocycles. The lowest BCUT2D eigenvalue weighted by Crippen LogP contribution is -1.96. The fraction of sp³-hybridized carbons (Fsp3) is 0.0714. The van der Waals surface area contributed by atoms with Crippen LogP contribution in [0, 0.1) is 0 Å². The highest BCUT2D eigenvalue weighted by molar-refractivity contribution is 5.76. The second-order valence-electron chi connectivity index (χ2n) is 4.08. The molecule has 0 saturated carbocycles. The maximum atomic E-state index is 5.79. The van der Waals surface area contributed by atoms with Crippen LogP contribution in [0.2, 0.25) is 0 Å². The van der Waals surface area contributed by atoms with Gasteiger partial charge in [0.2, 0.25) is 0 Å². The van der Waals surface area contributed by atoms with E-state index in [1.54, 1.807) is 19.2 Å². The Hall–Kier alpha value is -2.69. The van der Waals surface area contributed by atoms with E-state index in [4.69, 9.17) is 10.5 Å². The van der Waals surface area contributed by atoms with Gasteiger partial charge in [-0.3, -0.25) is 0 Å². The van der Waals surface area contributed by atoms with Gasteiger partial charge in [-0.25, -0.2) is 4.98 Å². The van der Waals surface area contributed by atoms with Gasteiger partial charge in [0, 0.05) is 5.56 Å². The van der Waals surface area contributed by atoms with E-state index in [2.05, 4.69) is 15.2 Å². The second kappa shape index (κ2) is 4.53. The van der Waals surface area contributed by atoms with Crippen molar-refractivity contribution in [2.45, 2.75) is 0 Å². The van der Waals surface area contributed by atoms with Crippen LogP contribution >= 0.6 is 0 Å². The average Bonchev–Trinajstić information content (AvgIpc) is 2.47. The van der Waals surface area contributed by atoms with Crippen LogP contribution in [0.4, 0.5) is 5.69 Å². The molecule has 0 fully saturated rings. The van der Waals surface area contributed by atoms with Gasteiger partial charge in [0.1, 0.15) is 11.3 Å². The fourth-order valence-corrected chi connectivity index (χ4v) is 1.85. The highest BCUT2D eigenvalue weighted by atomic mass is 16.5. The lowest BCUT2D eigenvalue weighted by molar-refractivity contribution is 0.417. The number of hydrogen-bond acceptors (Lipinski definition) is 5. The van der Waals surface area contributed by atoms with Crippen molar-refractivity contribution in [3.05, 3.63) is 42.5 Å². The molecule has 3 aromatic rings. The first kappa shape index (κ1) is 11.4. The van der Waals surface area contributed by atoms with Gasteiger partial charge >= 0.3 is 0 Å². The first-order chi connectivity index (χ1) is 9.28. The molecular formula is C14H12N4O. The fourth-order valence-electron chi connectivity index (χ4n) is 1.85. The summed E-state index contributed by atoms with van der Waals surface area (Å²) >= 11 is 0. The van der Waals surface area contributed by atoms with Crippen molar-refractivity contribution in [2.75, 3.05) is 12.8 Å². The zero-order chi connectivity index (χ0) is 13.2. The molecule has 0 aliphatic carbocycles. The zero-order valence-electron chi connectivity index (χ0n) is 10.4. The van der Waals surface area contributed by atoms with Crippen molar-refractivity contribution in [1.29, 1.82) is 0 Å². The van der Waals surface area contributed by atoms with E-state index in [0.717, 1.165) is 16.6 Å². The smallest absolute Gasteiger partial charge is 0.182 e. The number of anilines is 1. The van der Waals surface area contributed by atoms with Crippen LogP contribution in [0.5, 0.6) is 5.75 Å². The lowest BCUT2D eigenvalue weighted by atomic mass is 10.2. The maximum absolute atomic E-state index is 5.79. The van der Waals surface area contributed by atoms with Crippen LogP contribution in [-0.2, 0) is 0 Å². The quantitative estimate of drug-likeness (QED) is 0.708. The van der Waals surface area contributed by atoms with Gasteiger partial charge < -0.3 is 10.5 Å². The predicted octanol–water partition coefficient (Wildman–Crippen LogP) is 2.28. The minimum atomic E-state index is 0.553. The summed E-state index contributed by atoms with van der Waals surface area (Å²) < 4.78 is 5.19. The number of benzene rings is 2. The van der Waals surface area contributed by atoms with E-state index in [-0.39, 0.29) is 0 Å². The summed E-state index contributed by atoms with van der Waals surface area (Å²) in [5.41, 5.74) is 8.77. The normalized spacial score (nSPS) is 10.6. The number of nitrogen functional groups attached to an aromatic ring is 1. The third-order valence-corrected chi connectivity index (χ3v) is 2.85. The summed E-state index contributed by atoms with van der Waals surface area (Å²) in [7, 11) is 1.58. The monoisotopic (exact) mass is 252 g/mol. The van der Waals surface area contributed by atoms with Gasteiger partial charge in [-0.1, -0.05) is 12.1 Å². The SMILES string of the molecule is COc1cc(-c2nnc3ccccc3n2)ccc1N. The summed E-state index contributed by atoms with van der Waals surface area (Å²) in [5.74, 6) is 1.16. The minimum Gasteiger partial charge on any atom is -0.495 e. The van der Waals surface area contributed by atoms with E-state index in [1.165, 1.54) is 0 Å². The first-order valence-corrected chi connectivity index (χ1v) is 5.81. The summed E-state index contributed by atoms with van der Waals surface area (Å²) in [6, 6.07) is 13.0. The largest absolute Gasteiger partial charge is 0.495 e. The van der Waals surface area contributed by atoms with E-state index in [0.29, 0.717) is 17.3 Å². The van der Waals surface area contributed by atoms with Crippen LogP contribution in [-0.4, -0.2) is 22.3 Å². The Kier molecular flexibility index (Phi) is 2.72. The van der Waals surface area contributed by atoms with Crippen LogP contribution in [0.15, 0.2) is 42.5 Å². The molecule has 3 rings (SSSR count). The van der Waals surface area contributed by atoms with Crippen LogP contribution in [0.3, 0.4) is 0 Å². The maximum Gasteiger partial charge on any atom is 0.182 e. The molecule has 2 aromatic carbocycles. The molecule has 0 bridgehead atoms. The Morgan fingerprint density at radius 2 is 1.79 bits per heavy atom. The Labute approximate surface area is 110 Å². The molecule has 0 aliphatic rings. The van der Waals surface area contributed by atoms with Crippen LogP contribution < -0.4 is 10.5 Å². The van der Waals surface area contributed by atoms with Gasteiger partial charge in [0.15, 0.2) is 5.82 Å². The predicted molar refractivity (Wildman–Crippen MR) is 73.7 cm³/mol. The highest BCUT2D eigenvalue weighted by Gasteiger charge is 2.07. The number of para-hydroxylation sites is 1. The summed E-state index contributed by atoms with van der Waals surface area (Å²) in [6.45, 7) is 0. The topological polar surface area (TPSA) is 73.9 Å². The van der Waals surface area contributed by atoms with E-state index in [1.807, 2.05) is 30.3 Å². The van der Waals surface area contributed by atoms with Gasteiger partial charge in [0.05, 0.1) is 18.3 Å². The standard InChI is InChI=1S/C14H12N4O/c1-19-13-8-9(6-7-10(13)15)14-16-11-4-2-3-5-12(11)17-18-14/h2-8H,15H2,1H3. The molecule has 0 amide bonds. The summed E-state index contributed by atoms with van der Waals surface area (Å²) in [5, 5.41) is 8.28. The Morgan fingerprint density at radius 3 is 2.58 bits per heavy atom. The van der Waals surface area contributed by atoms with Gasteiger partial charge in [-0.15, -0.1) is 10.2 Å². The van der Waals surface area contributed by atoms with Crippen LogP contribution in [0.1, 0.15) is 0 Å². The van der Waals surface area contributed by atoms with Gasteiger partial charge in [0.25, 0.3) is 0 Å². The van der Waals surface area contributed by atoms with Crippen LogP contribution in [0.25, 0.3) is 22.4 Å². The summed E-state index contributed by atoms with van der Waals surface area (Å²) in [4.78, 5) is 4.48. The third-order valence-electron chi connectivity index (χ3n) is 2.85. The first-order valence-electron chi connectivity index (χ1n) is 5.81. The molecule has 5 heteroatoms. The van der Waals surface area contributed by atoms with E-state index < -0.39 is 0 Å². The number of nitrogens with two attached hydrogens (primary N) is 1. The number of ether oxygens (including phenoxy) is 1. The number of nitrogens with zero attached hydrogens (tertiary/aromatic N) is 3. The third kappa shape index (κ3) is 2.06. The van der Waals surface area contributed by atoms with Crippen molar-refractivity contribution in [3.8, 4) is 17.1 Å². The molecule has 1 heterocycles. The Bertz CT molecular complexity index is 742. The number of fused-ring (bicyclic) bond motifs is 1. The van der Waals surface area contributed by atoms with E-state index in [9.17, 15) is 0 Å². The van der Waals surface area contributed by atoms with Gasteiger partial charge in [-0.05, 0) is 30.3 Å². The molecule has 2 N–H and O–H groups in total. The lowest BCUT2D eigenvalue weighted by Gasteiger charge is -2.06. The van der Waals surface area contributed by atoms with Crippen molar-refractivity contribution in [3.63, 3.8) is 0 Å². The van der Waals surface area contributed by atoms with Gasteiger partial charge in [-0.2, -0.15) is 0 Å². The molecule has 0 radical (unpaired) electrons. The Morgan fingerprint density at radius 1 is 1.00 bits per heavy atom. The van der Waals surface area contributed by atoms with E-state index >= 15 is 0 Å². The molecule has 0 saturated heterocycles.